The summed E-state index contributed by atoms with van der Waals surface area (Å²) in [4.78, 5) is 18.0. The van der Waals surface area contributed by atoms with E-state index in [1.54, 1.807) is 17.2 Å². The number of anilines is 1. The van der Waals surface area contributed by atoms with Crippen LogP contribution in [0.2, 0.25) is 5.02 Å². The van der Waals surface area contributed by atoms with Gasteiger partial charge in [-0.15, -0.1) is 0 Å². The van der Waals surface area contributed by atoms with E-state index in [0.717, 1.165) is 16.8 Å². The average molecular weight is 274 g/mol. The molecule has 0 saturated carbocycles. The van der Waals surface area contributed by atoms with E-state index in [1.807, 2.05) is 18.2 Å². The molecule has 1 aliphatic rings. The minimum absolute atomic E-state index is 0.0813. The molecule has 1 aromatic carbocycles. The summed E-state index contributed by atoms with van der Waals surface area (Å²) in [7, 11) is 0. The van der Waals surface area contributed by atoms with Crippen molar-refractivity contribution in [1.82, 2.24) is 9.88 Å². The van der Waals surface area contributed by atoms with E-state index in [4.69, 9.17) is 17.3 Å². The molecule has 96 valence electrons. The van der Waals surface area contributed by atoms with Gasteiger partial charge in [-0.1, -0.05) is 17.7 Å². The molecule has 0 fully saturated rings. The quantitative estimate of drug-likeness (QED) is 0.812. The molecule has 2 heterocycles. The van der Waals surface area contributed by atoms with Crippen molar-refractivity contribution in [2.75, 3.05) is 5.73 Å². The van der Waals surface area contributed by atoms with Crippen molar-refractivity contribution in [2.45, 2.75) is 13.1 Å². The van der Waals surface area contributed by atoms with E-state index in [9.17, 15) is 4.79 Å². The Morgan fingerprint density at radius 3 is 2.84 bits per heavy atom. The van der Waals surface area contributed by atoms with Crippen LogP contribution in [-0.4, -0.2) is 15.8 Å². The predicted octanol–water partition coefficient (Wildman–Crippen LogP) is 2.47. The van der Waals surface area contributed by atoms with Crippen LogP contribution >= 0.6 is 11.6 Å². The van der Waals surface area contributed by atoms with Crippen LogP contribution in [0.15, 0.2) is 36.7 Å². The number of hydrogen-bond acceptors (Lipinski definition) is 3. The van der Waals surface area contributed by atoms with Crippen molar-refractivity contribution >= 4 is 23.2 Å². The highest BCUT2D eigenvalue weighted by molar-refractivity contribution is 6.33. The van der Waals surface area contributed by atoms with Gasteiger partial charge in [0, 0.05) is 31.2 Å². The van der Waals surface area contributed by atoms with Crippen LogP contribution in [0.3, 0.4) is 0 Å². The van der Waals surface area contributed by atoms with Crippen LogP contribution in [0.4, 0.5) is 5.69 Å². The summed E-state index contributed by atoms with van der Waals surface area (Å²) in [6, 6.07) is 7.37. The fourth-order valence-corrected chi connectivity index (χ4v) is 2.48. The molecule has 0 unspecified atom stereocenters. The summed E-state index contributed by atoms with van der Waals surface area (Å²) >= 11 is 6.00. The van der Waals surface area contributed by atoms with Crippen LogP contribution in [-0.2, 0) is 13.1 Å². The number of fused-ring (bicyclic) bond motifs is 1. The lowest BCUT2D eigenvalue weighted by Gasteiger charge is -2.15. The molecule has 2 N–H and O–H groups in total. The molecule has 19 heavy (non-hydrogen) atoms. The fourth-order valence-electron chi connectivity index (χ4n) is 2.28. The number of benzene rings is 1. The number of nitrogen functional groups attached to an aromatic ring is 1. The largest absolute Gasteiger partial charge is 0.399 e. The smallest absolute Gasteiger partial charge is 0.256 e. The van der Waals surface area contributed by atoms with Crippen molar-refractivity contribution < 1.29 is 4.79 Å². The fraction of sp³-hybridized carbons (Fsp3) is 0.143. The second kappa shape index (κ2) is 4.55. The molecule has 0 aliphatic carbocycles. The molecule has 0 spiro atoms. The number of nitrogens with two attached hydrogens (primary N) is 1. The maximum Gasteiger partial charge on any atom is 0.256 e. The second-order valence-corrected chi connectivity index (χ2v) is 4.95. The molecule has 1 aromatic heterocycles. The summed E-state index contributed by atoms with van der Waals surface area (Å²) in [5.74, 6) is -0.0813. The van der Waals surface area contributed by atoms with Gasteiger partial charge in [0.15, 0.2) is 0 Å². The van der Waals surface area contributed by atoms with Gasteiger partial charge in [-0.3, -0.25) is 9.78 Å². The number of aromatic nitrogens is 1. The molecule has 5 heteroatoms. The highest BCUT2D eigenvalue weighted by Gasteiger charge is 2.25. The van der Waals surface area contributed by atoms with Gasteiger partial charge in [0.1, 0.15) is 0 Å². The van der Waals surface area contributed by atoms with Crippen molar-refractivity contribution in [3.05, 3.63) is 58.4 Å². The van der Waals surface area contributed by atoms with Gasteiger partial charge in [0.05, 0.1) is 10.6 Å². The number of nitrogens with zero attached hydrogens (tertiary/aromatic N) is 2. The van der Waals surface area contributed by atoms with Crippen LogP contribution in [0.1, 0.15) is 21.5 Å². The molecule has 0 atom stereocenters. The Bertz CT molecular complexity index is 657. The number of amides is 1. The minimum Gasteiger partial charge on any atom is -0.399 e. The second-order valence-electron chi connectivity index (χ2n) is 4.54. The topological polar surface area (TPSA) is 59.2 Å². The van der Waals surface area contributed by atoms with Gasteiger partial charge in [-0.05, 0) is 29.3 Å². The molecule has 3 rings (SSSR count). The van der Waals surface area contributed by atoms with Crippen LogP contribution < -0.4 is 5.73 Å². The standard InChI is InChI=1S/C14H12ClN3O/c15-13-6-17-4-3-12(13)14(19)18-7-9-1-2-11(16)5-10(9)8-18/h1-6H,7-8,16H2. The molecular formula is C14H12ClN3O. The number of pyridine rings is 1. The van der Waals surface area contributed by atoms with Gasteiger partial charge >= 0.3 is 0 Å². The molecule has 2 aromatic rings. The zero-order chi connectivity index (χ0) is 13.4. The highest BCUT2D eigenvalue weighted by Crippen LogP contribution is 2.27. The van der Waals surface area contributed by atoms with Crippen molar-refractivity contribution in [2.24, 2.45) is 0 Å². The van der Waals surface area contributed by atoms with Gasteiger partial charge in [0.2, 0.25) is 0 Å². The van der Waals surface area contributed by atoms with Crippen LogP contribution in [0.5, 0.6) is 0 Å². The van der Waals surface area contributed by atoms with E-state index in [2.05, 4.69) is 4.98 Å². The normalized spacial score (nSPS) is 13.4. The number of carbonyl (C=O) groups is 1. The highest BCUT2D eigenvalue weighted by atomic mass is 35.5. The van der Waals surface area contributed by atoms with Gasteiger partial charge in [-0.2, -0.15) is 0 Å². The third-order valence-corrected chi connectivity index (χ3v) is 3.54. The number of rotatable bonds is 1. The first-order valence-electron chi connectivity index (χ1n) is 5.91. The van der Waals surface area contributed by atoms with E-state index in [1.165, 1.54) is 6.20 Å². The monoisotopic (exact) mass is 273 g/mol. The summed E-state index contributed by atoms with van der Waals surface area (Å²) in [6.07, 6.45) is 3.05. The number of halogens is 1. The first-order valence-corrected chi connectivity index (χ1v) is 6.29. The van der Waals surface area contributed by atoms with Gasteiger partial charge < -0.3 is 10.6 Å². The van der Waals surface area contributed by atoms with Gasteiger partial charge in [-0.25, -0.2) is 0 Å². The lowest BCUT2D eigenvalue weighted by atomic mass is 10.1. The Morgan fingerprint density at radius 1 is 1.26 bits per heavy atom. The first-order chi connectivity index (χ1) is 9.15. The SMILES string of the molecule is Nc1ccc2c(c1)CN(C(=O)c1ccncc1Cl)C2. The molecular weight excluding hydrogens is 262 g/mol. The van der Waals surface area contributed by atoms with E-state index < -0.39 is 0 Å². The number of hydrogen-bond donors (Lipinski definition) is 1. The van der Waals surface area contributed by atoms with Crippen LogP contribution in [0.25, 0.3) is 0 Å². The van der Waals surface area contributed by atoms with Crippen LogP contribution in [0, 0.1) is 0 Å². The van der Waals surface area contributed by atoms with Crippen molar-refractivity contribution in [3.63, 3.8) is 0 Å². The Labute approximate surface area is 115 Å². The predicted molar refractivity (Wildman–Crippen MR) is 73.7 cm³/mol. The Kier molecular flexibility index (Phi) is 2.87. The summed E-state index contributed by atoms with van der Waals surface area (Å²) < 4.78 is 0. The molecule has 4 nitrogen and oxygen atoms in total. The summed E-state index contributed by atoms with van der Waals surface area (Å²) in [5, 5.41) is 0.378. The van der Waals surface area contributed by atoms with E-state index >= 15 is 0 Å². The number of carbonyl (C=O) groups excluding carboxylic acids is 1. The zero-order valence-corrected chi connectivity index (χ0v) is 10.9. The average Bonchev–Trinajstić information content (AvgIpc) is 2.81. The molecule has 1 amide bonds. The minimum atomic E-state index is -0.0813. The summed E-state index contributed by atoms with van der Waals surface area (Å²) in [6.45, 7) is 1.16. The molecule has 0 radical (unpaired) electrons. The first kappa shape index (κ1) is 12.0. The Balaban J connectivity index is 1.87. The van der Waals surface area contributed by atoms with Crippen molar-refractivity contribution in [1.29, 1.82) is 0 Å². The molecule has 0 bridgehead atoms. The maximum absolute atomic E-state index is 12.4. The van der Waals surface area contributed by atoms with E-state index in [0.29, 0.717) is 23.7 Å². The Hall–Kier alpha value is -2.07. The maximum atomic E-state index is 12.4. The molecule has 0 saturated heterocycles. The van der Waals surface area contributed by atoms with Gasteiger partial charge in [0.25, 0.3) is 5.91 Å². The third-order valence-electron chi connectivity index (χ3n) is 3.24. The lowest BCUT2D eigenvalue weighted by molar-refractivity contribution is 0.0751. The Morgan fingerprint density at radius 2 is 2.05 bits per heavy atom. The summed E-state index contributed by atoms with van der Waals surface area (Å²) in [5.41, 5.74) is 9.18. The third kappa shape index (κ3) is 2.15. The zero-order valence-electron chi connectivity index (χ0n) is 10.1. The molecule has 1 aliphatic heterocycles. The van der Waals surface area contributed by atoms with E-state index in [-0.39, 0.29) is 5.91 Å². The lowest BCUT2D eigenvalue weighted by Crippen LogP contribution is -2.25. The van der Waals surface area contributed by atoms with Crippen molar-refractivity contribution in [3.8, 4) is 0 Å².